The van der Waals surface area contributed by atoms with Gasteiger partial charge in [0, 0.05) is 5.56 Å². The average molecular weight is 224 g/mol. The van der Waals surface area contributed by atoms with Crippen LogP contribution in [-0.4, -0.2) is 26.7 Å². The molecule has 1 unspecified atom stereocenters. The molecule has 0 saturated carbocycles. The minimum atomic E-state index is -1.38. The Morgan fingerprint density at radius 1 is 1.13 bits per heavy atom. The summed E-state index contributed by atoms with van der Waals surface area (Å²) in [5.74, 6) is 0. The summed E-state index contributed by atoms with van der Waals surface area (Å²) in [6.07, 6.45) is 0. The van der Waals surface area contributed by atoms with Crippen LogP contribution in [0.2, 0.25) is 19.6 Å². The first-order valence-electron chi connectivity index (χ1n) is 5.34. The van der Waals surface area contributed by atoms with E-state index >= 15 is 0 Å². The molecule has 0 amide bonds. The first-order chi connectivity index (χ1) is 6.89. The fourth-order valence-electron chi connectivity index (χ4n) is 1.51. The maximum absolute atomic E-state index is 5.71. The molecule has 2 nitrogen and oxygen atoms in total. The zero-order chi connectivity index (χ0) is 11.5. The van der Waals surface area contributed by atoms with Gasteiger partial charge in [-0.25, -0.2) is 9.15 Å². The Morgan fingerprint density at radius 3 is 2.07 bits per heavy atom. The Bertz CT molecular complexity index is 307. The topological polar surface area (TPSA) is 9.23 Å². The highest BCUT2D eigenvalue weighted by atomic mass is 28.3. The smallest absolute Gasteiger partial charge is 0.234 e. The molecule has 0 aliphatic carbocycles. The standard InChI is InChI=1S/C12H22NOSi/c1-13(14-2,15(3,4)5)11-12-9-7-6-8-10-12/h6-10H,11H2,1-5H3/q+1. The van der Waals surface area contributed by atoms with Gasteiger partial charge in [0.1, 0.15) is 6.54 Å². The first-order valence-corrected chi connectivity index (χ1v) is 8.79. The minimum absolute atomic E-state index is 0.719. The summed E-state index contributed by atoms with van der Waals surface area (Å²) in [6, 6.07) is 10.5. The fraction of sp³-hybridized carbons (Fsp3) is 0.500. The van der Waals surface area contributed by atoms with Crippen molar-refractivity contribution in [3.05, 3.63) is 35.9 Å². The zero-order valence-corrected chi connectivity index (χ0v) is 11.4. The highest BCUT2D eigenvalue weighted by molar-refractivity contribution is 6.68. The molecule has 0 aromatic heterocycles. The van der Waals surface area contributed by atoms with Crippen LogP contribution in [0.4, 0.5) is 0 Å². The lowest BCUT2D eigenvalue weighted by molar-refractivity contribution is -1.02. The number of hydroxylamine groups is 2. The third-order valence-corrected chi connectivity index (χ3v) is 6.33. The van der Waals surface area contributed by atoms with E-state index in [1.54, 1.807) is 7.11 Å². The highest BCUT2D eigenvalue weighted by Gasteiger charge is 2.41. The summed E-state index contributed by atoms with van der Waals surface area (Å²) in [5.41, 5.74) is 1.34. The molecule has 1 rings (SSSR count). The summed E-state index contributed by atoms with van der Waals surface area (Å²) in [4.78, 5) is 5.71. The van der Waals surface area contributed by atoms with Crippen LogP contribution in [-0.2, 0) is 11.4 Å². The Balaban J connectivity index is 2.87. The second kappa shape index (κ2) is 4.47. The molecule has 1 aromatic carbocycles. The number of benzene rings is 1. The molecule has 1 atom stereocenters. The Labute approximate surface area is 94.1 Å². The molecule has 0 fully saturated rings. The van der Waals surface area contributed by atoms with Crippen molar-refractivity contribution in [2.75, 3.05) is 14.2 Å². The fourth-order valence-corrected chi connectivity index (χ4v) is 2.71. The van der Waals surface area contributed by atoms with Crippen molar-refractivity contribution in [1.82, 2.24) is 0 Å². The minimum Gasteiger partial charge on any atom is -0.234 e. The third-order valence-electron chi connectivity index (χ3n) is 3.15. The molecular formula is C12H22NOSi+. The van der Waals surface area contributed by atoms with Crippen molar-refractivity contribution in [3.63, 3.8) is 0 Å². The molecule has 0 saturated heterocycles. The van der Waals surface area contributed by atoms with Crippen molar-refractivity contribution in [2.24, 2.45) is 0 Å². The van der Waals surface area contributed by atoms with Crippen molar-refractivity contribution in [2.45, 2.75) is 26.2 Å². The normalized spacial score (nSPS) is 16.1. The van der Waals surface area contributed by atoms with Gasteiger partial charge in [-0.2, -0.15) is 0 Å². The largest absolute Gasteiger partial charge is 0.308 e. The van der Waals surface area contributed by atoms with Gasteiger partial charge >= 0.3 is 8.24 Å². The number of hydrogen-bond donors (Lipinski definition) is 0. The second-order valence-electron chi connectivity index (χ2n) is 5.10. The van der Waals surface area contributed by atoms with Gasteiger partial charge in [0.05, 0.1) is 14.2 Å². The predicted octanol–water partition coefficient (Wildman–Crippen LogP) is 3.03. The summed E-state index contributed by atoms with van der Waals surface area (Å²) in [7, 11) is 2.61. The van der Waals surface area contributed by atoms with Gasteiger partial charge in [-0.15, -0.1) is 0 Å². The molecule has 0 bridgehead atoms. The molecule has 0 N–H and O–H groups in total. The zero-order valence-electron chi connectivity index (χ0n) is 10.4. The molecule has 3 heteroatoms. The van der Waals surface area contributed by atoms with E-state index < -0.39 is 8.24 Å². The molecule has 84 valence electrons. The lowest BCUT2D eigenvalue weighted by Gasteiger charge is -2.40. The van der Waals surface area contributed by atoms with Gasteiger partial charge in [-0.3, -0.25) is 0 Å². The summed E-state index contributed by atoms with van der Waals surface area (Å²) >= 11 is 0. The maximum Gasteiger partial charge on any atom is 0.308 e. The van der Waals surface area contributed by atoms with Gasteiger partial charge in [-0.05, 0) is 19.6 Å². The van der Waals surface area contributed by atoms with Crippen LogP contribution in [0.3, 0.4) is 0 Å². The molecule has 1 aromatic rings. The van der Waals surface area contributed by atoms with Gasteiger partial charge in [-0.1, -0.05) is 30.3 Å². The number of nitrogens with zero attached hydrogens (tertiary/aromatic N) is 1. The quantitative estimate of drug-likeness (QED) is 0.564. The Kier molecular flexibility index (Phi) is 3.70. The monoisotopic (exact) mass is 224 g/mol. The molecule has 0 heterocycles. The van der Waals surface area contributed by atoms with Gasteiger partial charge in [0.25, 0.3) is 0 Å². The van der Waals surface area contributed by atoms with Crippen LogP contribution in [0.5, 0.6) is 0 Å². The van der Waals surface area contributed by atoms with E-state index in [0.717, 1.165) is 10.9 Å². The highest BCUT2D eigenvalue weighted by Crippen LogP contribution is 2.22. The molecule has 0 aliphatic rings. The Hall–Kier alpha value is -0.643. The van der Waals surface area contributed by atoms with E-state index in [0.29, 0.717) is 0 Å². The van der Waals surface area contributed by atoms with E-state index in [-0.39, 0.29) is 0 Å². The van der Waals surface area contributed by atoms with Gasteiger partial charge < -0.3 is 0 Å². The summed E-state index contributed by atoms with van der Waals surface area (Å²) in [6.45, 7) is 7.95. The van der Waals surface area contributed by atoms with E-state index in [4.69, 9.17) is 4.84 Å². The molecule has 0 spiro atoms. The van der Waals surface area contributed by atoms with E-state index in [2.05, 4.69) is 57.0 Å². The van der Waals surface area contributed by atoms with Gasteiger partial charge in [0.2, 0.25) is 0 Å². The van der Waals surface area contributed by atoms with Gasteiger partial charge in [0.15, 0.2) is 0 Å². The van der Waals surface area contributed by atoms with Crippen LogP contribution in [0.1, 0.15) is 5.56 Å². The predicted molar refractivity (Wildman–Crippen MR) is 66.7 cm³/mol. The molecular weight excluding hydrogens is 202 g/mol. The maximum atomic E-state index is 5.71. The van der Waals surface area contributed by atoms with Crippen molar-refractivity contribution in [1.29, 1.82) is 0 Å². The van der Waals surface area contributed by atoms with Crippen molar-refractivity contribution >= 4 is 8.24 Å². The number of hydrogen-bond acceptors (Lipinski definition) is 1. The van der Waals surface area contributed by atoms with Crippen LogP contribution < -0.4 is 0 Å². The van der Waals surface area contributed by atoms with E-state index in [1.165, 1.54) is 5.56 Å². The van der Waals surface area contributed by atoms with Crippen LogP contribution in [0, 0.1) is 0 Å². The SMILES string of the molecule is CO[N+](C)(Cc1ccccc1)[Si](C)(C)C. The molecule has 0 aliphatic heterocycles. The third kappa shape index (κ3) is 2.90. The number of rotatable bonds is 4. The molecule has 0 radical (unpaired) electrons. The van der Waals surface area contributed by atoms with Crippen LogP contribution in [0.15, 0.2) is 30.3 Å². The van der Waals surface area contributed by atoms with Crippen molar-refractivity contribution in [3.8, 4) is 0 Å². The Morgan fingerprint density at radius 2 is 1.67 bits per heavy atom. The van der Waals surface area contributed by atoms with Crippen LogP contribution >= 0.6 is 0 Å². The summed E-state index contributed by atoms with van der Waals surface area (Å²) in [5, 5.41) is 0. The van der Waals surface area contributed by atoms with E-state index in [9.17, 15) is 0 Å². The van der Waals surface area contributed by atoms with Crippen molar-refractivity contribution < 1.29 is 9.15 Å². The lowest BCUT2D eigenvalue weighted by Crippen LogP contribution is -2.59. The number of quaternary nitrogens is 1. The van der Waals surface area contributed by atoms with E-state index in [1.807, 2.05) is 0 Å². The summed E-state index contributed by atoms with van der Waals surface area (Å²) < 4.78 is 0.719. The first kappa shape index (κ1) is 12.4. The van der Waals surface area contributed by atoms with Crippen LogP contribution in [0.25, 0.3) is 0 Å². The average Bonchev–Trinajstić information content (AvgIpc) is 2.17. The molecule has 15 heavy (non-hydrogen) atoms. The second-order valence-corrected chi connectivity index (χ2v) is 10.4. The lowest BCUT2D eigenvalue weighted by atomic mass is 10.2.